The molecule has 2 aliphatic heterocycles. The third-order valence-corrected chi connectivity index (χ3v) is 7.27. The van der Waals surface area contributed by atoms with Gasteiger partial charge in [-0.3, -0.25) is 9.69 Å². The fourth-order valence-electron chi connectivity index (χ4n) is 3.84. The van der Waals surface area contributed by atoms with Crippen molar-refractivity contribution < 1.29 is 13.2 Å². The van der Waals surface area contributed by atoms with Crippen molar-refractivity contribution in [1.29, 1.82) is 5.26 Å². The summed E-state index contributed by atoms with van der Waals surface area (Å²) >= 11 is 0. The Morgan fingerprint density at radius 3 is 2.48 bits per heavy atom. The van der Waals surface area contributed by atoms with Gasteiger partial charge in [-0.1, -0.05) is 0 Å². The number of nitrogens with zero attached hydrogens (tertiary/aromatic N) is 4. The van der Waals surface area contributed by atoms with Crippen LogP contribution in [0.15, 0.2) is 29.2 Å². The maximum atomic E-state index is 12.7. The molecule has 0 unspecified atom stereocenters. The summed E-state index contributed by atoms with van der Waals surface area (Å²) in [5, 5.41) is 8.84. The topological polar surface area (TPSA) is 84.7 Å². The van der Waals surface area contributed by atoms with E-state index in [2.05, 4.69) is 4.90 Å². The maximum absolute atomic E-state index is 12.7. The first-order valence-electron chi connectivity index (χ1n) is 9.40. The third-order valence-electron chi connectivity index (χ3n) is 5.46. The number of likely N-dealkylation sites (N-methyl/N-ethyl adjacent to an activating group) is 1. The van der Waals surface area contributed by atoms with E-state index in [9.17, 15) is 13.2 Å². The second-order valence-corrected chi connectivity index (χ2v) is 9.32. The van der Waals surface area contributed by atoms with Crippen LogP contribution < -0.4 is 0 Å². The summed E-state index contributed by atoms with van der Waals surface area (Å²) in [5.74, 6) is -0.154. The third kappa shape index (κ3) is 4.49. The van der Waals surface area contributed by atoms with Gasteiger partial charge in [0, 0.05) is 26.2 Å². The smallest absolute Gasteiger partial charge is 0.243 e. The Hall–Kier alpha value is -1.95. The highest BCUT2D eigenvalue weighted by Crippen LogP contribution is 2.21. The predicted octanol–water partition coefficient (Wildman–Crippen LogP) is 1.27. The van der Waals surface area contributed by atoms with Gasteiger partial charge >= 0.3 is 0 Å². The Labute approximate surface area is 161 Å². The zero-order valence-corrected chi connectivity index (χ0v) is 16.5. The van der Waals surface area contributed by atoms with E-state index in [4.69, 9.17) is 5.26 Å². The molecule has 146 valence electrons. The molecule has 3 rings (SSSR count). The molecule has 1 atom stereocenters. The molecule has 8 heteroatoms. The highest BCUT2D eigenvalue weighted by Gasteiger charge is 2.31. The molecule has 0 saturated carbocycles. The number of hydrogen-bond acceptors (Lipinski definition) is 5. The molecule has 2 fully saturated rings. The minimum absolute atomic E-state index is 0.0883. The first-order valence-corrected chi connectivity index (χ1v) is 10.8. The van der Waals surface area contributed by atoms with Crippen LogP contribution in [0.5, 0.6) is 0 Å². The summed E-state index contributed by atoms with van der Waals surface area (Å²) in [4.78, 5) is 17.1. The normalized spacial score (nSPS) is 21.4. The lowest BCUT2D eigenvalue weighted by Crippen LogP contribution is -2.51. The summed E-state index contributed by atoms with van der Waals surface area (Å²) in [6.07, 6.45) is 4.49. The van der Waals surface area contributed by atoms with Crippen LogP contribution in [0.25, 0.3) is 0 Å². The first kappa shape index (κ1) is 19.8. The van der Waals surface area contributed by atoms with Crippen molar-refractivity contribution in [2.45, 2.75) is 36.6 Å². The quantitative estimate of drug-likeness (QED) is 0.756. The molecule has 0 N–H and O–H groups in total. The number of carbonyl (C=O) groups is 1. The van der Waals surface area contributed by atoms with Gasteiger partial charge in [-0.25, -0.2) is 8.42 Å². The number of rotatable bonds is 5. The van der Waals surface area contributed by atoms with Gasteiger partial charge < -0.3 is 4.90 Å². The van der Waals surface area contributed by atoms with Crippen molar-refractivity contribution in [3.8, 4) is 6.07 Å². The molecule has 0 spiro atoms. The van der Waals surface area contributed by atoms with Crippen molar-refractivity contribution in [3.05, 3.63) is 29.8 Å². The Morgan fingerprint density at radius 1 is 1.19 bits per heavy atom. The van der Waals surface area contributed by atoms with Crippen LogP contribution in [0, 0.1) is 11.3 Å². The highest BCUT2D eigenvalue weighted by atomic mass is 32.2. The summed E-state index contributed by atoms with van der Waals surface area (Å²) in [6, 6.07) is 8.09. The van der Waals surface area contributed by atoms with Gasteiger partial charge in [0.15, 0.2) is 0 Å². The van der Waals surface area contributed by atoms with E-state index in [1.54, 1.807) is 4.90 Å². The minimum Gasteiger partial charge on any atom is -0.340 e. The van der Waals surface area contributed by atoms with Gasteiger partial charge in [-0.05, 0) is 63.0 Å². The standard InChI is InChI=1S/C19H26N4O3S/c1-21(27(25,26)18-8-6-16(13-20)7-9-18)15-19(24)23-12-4-5-17(14-23)22-10-2-3-11-22/h6-9,17H,2-5,10-12,14-15H2,1H3/t17-/m1/s1. The van der Waals surface area contributed by atoms with Gasteiger partial charge in [0.1, 0.15) is 0 Å². The van der Waals surface area contributed by atoms with Crippen LogP contribution in [-0.2, 0) is 14.8 Å². The lowest BCUT2D eigenvalue weighted by atomic mass is 10.0. The molecule has 1 amide bonds. The van der Waals surface area contributed by atoms with E-state index in [-0.39, 0.29) is 17.3 Å². The highest BCUT2D eigenvalue weighted by molar-refractivity contribution is 7.89. The number of carbonyl (C=O) groups excluding carboxylic acids is 1. The van der Waals surface area contributed by atoms with E-state index in [1.807, 2.05) is 6.07 Å². The average molecular weight is 391 g/mol. The van der Waals surface area contributed by atoms with Crippen LogP contribution >= 0.6 is 0 Å². The molecule has 0 aromatic heterocycles. The van der Waals surface area contributed by atoms with Gasteiger partial charge in [-0.15, -0.1) is 0 Å². The summed E-state index contributed by atoms with van der Waals surface area (Å²) in [5.41, 5.74) is 0.397. The zero-order chi connectivity index (χ0) is 19.4. The van der Waals surface area contributed by atoms with Gasteiger partial charge in [0.2, 0.25) is 15.9 Å². The molecular formula is C19H26N4O3S. The minimum atomic E-state index is -3.76. The zero-order valence-electron chi connectivity index (χ0n) is 15.7. The van der Waals surface area contributed by atoms with Crippen molar-refractivity contribution in [2.24, 2.45) is 0 Å². The van der Waals surface area contributed by atoms with E-state index < -0.39 is 10.0 Å². The number of likely N-dealkylation sites (tertiary alicyclic amines) is 2. The molecule has 2 aliphatic rings. The van der Waals surface area contributed by atoms with Gasteiger partial charge in [-0.2, -0.15) is 9.57 Å². The van der Waals surface area contributed by atoms with Gasteiger partial charge in [0.05, 0.1) is 23.1 Å². The van der Waals surface area contributed by atoms with E-state index in [0.29, 0.717) is 24.7 Å². The summed E-state index contributed by atoms with van der Waals surface area (Å²) in [7, 11) is -2.34. The van der Waals surface area contributed by atoms with Crippen molar-refractivity contribution >= 4 is 15.9 Å². The number of amides is 1. The number of hydrogen-bond donors (Lipinski definition) is 0. The van der Waals surface area contributed by atoms with Crippen LogP contribution in [0.4, 0.5) is 0 Å². The average Bonchev–Trinajstić information content (AvgIpc) is 3.23. The molecule has 27 heavy (non-hydrogen) atoms. The molecule has 1 aromatic carbocycles. The molecule has 0 aliphatic carbocycles. The molecule has 1 aromatic rings. The molecular weight excluding hydrogens is 364 g/mol. The molecule has 0 radical (unpaired) electrons. The number of nitriles is 1. The molecule has 0 bridgehead atoms. The molecule has 2 saturated heterocycles. The fraction of sp³-hybridized carbons (Fsp3) is 0.579. The van der Waals surface area contributed by atoms with E-state index in [1.165, 1.54) is 44.2 Å². The van der Waals surface area contributed by atoms with Crippen molar-refractivity contribution in [3.63, 3.8) is 0 Å². The van der Waals surface area contributed by atoms with E-state index in [0.717, 1.165) is 30.2 Å². The summed E-state index contributed by atoms with van der Waals surface area (Å²) in [6.45, 7) is 3.39. The SMILES string of the molecule is CN(CC(=O)N1CCC[C@@H](N2CCCC2)C1)S(=O)(=O)c1ccc(C#N)cc1. The number of benzene rings is 1. The van der Waals surface area contributed by atoms with Crippen LogP contribution in [-0.4, -0.2) is 74.2 Å². The Bertz CT molecular complexity index is 810. The molecule has 7 nitrogen and oxygen atoms in total. The lowest BCUT2D eigenvalue weighted by molar-refractivity contribution is -0.133. The van der Waals surface area contributed by atoms with Crippen molar-refractivity contribution in [1.82, 2.24) is 14.1 Å². The second kappa shape index (κ2) is 8.38. The number of sulfonamides is 1. The molecule has 2 heterocycles. The van der Waals surface area contributed by atoms with Gasteiger partial charge in [0.25, 0.3) is 0 Å². The second-order valence-electron chi connectivity index (χ2n) is 7.28. The van der Waals surface area contributed by atoms with Crippen LogP contribution in [0.1, 0.15) is 31.2 Å². The monoisotopic (exact) mass is 390 g/mol. The Balaban J connectivity index is 1.62. The van der Waals surface area contributed by atoms with E-state index >= 15 is 0 Å². The summed E-state index contributed by atoms with van der Waals surface area (Å²) < 4.78 is 26.5. The Kier molecular flexibility index (Phi) is 6.15. The van der Waals surface area contributed by atoms with Crippen LogP contribution in [0.2, 0.25) is 0 Å². The Morgan fingerprint density at radius 2 is 1.85 bits per heavy atom. The number of piperidine rings is 1. The fourth-order valence-corrected chi connectivity index (χ4v) is 4.96. The maximum Gasteiger partial charge on any atom is 0.243 e. The largest absolute Gasteiger partial charge is 0.340 e. The predicted molar refractivity (Wildman–Crippen MR) is 101 cm³/mol. The first-order chi connectivity index (χ1) is 12.9. The lowest BCUT2D eigenvalue weighted by Gasteiger charge is -2.38. The van der Waals surface area contributed by atoms with Crippen LogP contribution in [0.3, 0.4) is 0 Å². The van der Waals surface area contributed by atoms with Crippen molar-refractivity contribution in [2.75, 3.05) is 39.8 Å².